The maximum atomic E-state index is 5.64. The monoisotopic (exact) mass is 241 g/mol. The molecule has 1 aromatic carbocycles. The Labute approximate surface area is 103 Å². The summed E-state index contributed by atoms with van der Waals surface area (Å²) in [5.41, 5.74) is 8.82. The lowest BCUT2D eigenvalue weighted by Gasteiger charge is -1.99. The standard InChI is InChI=1S/C13H11N3S/c14-8-9-3-1-4-10(7-9)12-16-11-5-2-6-15-13(11)17-12/h1-7H,8,14H2. The van der Waals surface area contributed by atoms with Gasteiger partial charge in [0.25, 0.3) is 0 Å². The fraction of sp³-hybridized carbons (Fsp3) is 0.0769. The predicted molar refractivity (Wildman–Crippen MR) is 70.7 cm³/mol. The van der Waals surface area contributed by atoms with Crippen LogP contribution in [0.25, 0.3) is 20.9 Å². The summed E-state index contributed by atoms with van der Waals surface area (Å²) in [4.78, 5) is 9.85. The molecule has 0 saturated carbocycles. The summed E-state index contributed by atoms with van der Waals surface area (Å²) in [6.07, 6.45) is 1.79. The molecule has 2 N–H and O–H groups in total. The van der Waals surface area contributed by atoms with Crippen LogP contribution in [0.4, 0.5) is 0 Å². The van der Waals surface area contributed by atoms with Gasteiger partial charge >= 0.3 is 0 Å². The van der Waals surface area contributed by atoms with Crippen LogP contribution in [0.1, 0.15) is 5.56 Å². The zero-order valence-electron chi connectivity index (χ0n) is 9.13. The van der Waals surface area contributed by atoms with Gasteiger partial charge in [-0.05, 0) is 23.8 Å². The fourth-order valence-electron chi connectivity index (χ4n) is 1.72. The lowest BCUT2D eigenvalue weighted by atomic mass is 10.1. The molecule has 3 rings (SSSR count). The van der Waals surface area contributed by atoms with Crippen molar-refractivity contribution in [2.75, 3.05) is 0 Å². The SMILES string of the molecule is NCc1cccc(-c2nc3cccnc3s2)c1. The van der Waals surface area contributed by atoms with E-state index < -0.39 is 0 Å². The van der Waals surface area contributed by atoms with E-state index in [1.807, 2.05) is 24.3 Å². The Morgan fingerprint density at radius 1 is 1.18 bits per heavy atom. The topological polar surface area (TPSA) is 51.8 Å². The molecule has 2 heterocycles. The third-order valence-corrected chi connectivity index (χ3v) is 3.60. The van der Waals surface area contributed by atoms with Crippen LogP contribution in [0.3, 0.4) is 0 Å². The summed E-state index contributed by atoms with van der Waals surface area (Å²) >= 11 is 1.61. The van der Waals surface area contributed by atoms with Crippen molar-refractivity contribution in [3.8, 4) is 10.6 Å². The minimum absolute atomic E-state index is 0.553. The Hall–Kier alpha value is -1.78. The van der Waals surface area contributed by atoms with Gasteiger partial charge in [0.2, 0.25) is 0 Å². The number of fused-ring (bicyclic) bond motifs is 1. The van der Waals surface area contributed by atoms with Gasteiger partial charge in [0.15, 0.2) is 0 Å². The summed E-state index contributed by atoms with van der Waals surface area (Å²) < 4.78 is 0. The number of benzene rings is 1. The van der Waals surface area contributed by atoms with Gasteiger partial charge in [0.1, 0.15) is 15.4 Å². The quantitative estimate of drug-likeness (QED) is 0.750. The van der Waals surface area contributed by atoms with Crippen LogP contribution in [0.5, 0.6) is 0 Å². The van der Waals surface area contributed by atoms with Gasteiger partial charge in [-0.2, -0.15) is 0 Å². The van der Waals surface area contributed by atoms with Crippen LogP contribution < -0.4 is 5.73 Å². The zero-order chi connectivity index (χ0) is 11.7. The predicted octanol–water partition coefficient (Wildman–Crippen LogP) is 2.82. The third kappa shape index (κ3) is 1.92. The summed E-state index contributed by atoms with van der Waals surface area (Å²) in [5, 5.41) is 0.994. The Kier molecular flexibility index (Phi) is 2.59. The van der Waals surface area contributed by atoms with E-state index in [0.29, 0.717) is 6.54 Å². The average Bonchev–Trinajstić information content (AvgIpc) is 2.82. The number of rotatable bonds is 2. The van der Waals surface area contributed by atoms with Gasteiger partial charge in [-0.1, -0.05) is 29.5 Å². The molecule has 0 spiro atoms. The molecule has 0 bridgehead atoms. The lowest BCUT2D eigenvalue weighted by Crippen LogP contribution is -1.95. The van der Waals surface area contributed by atoms with Crippen LogP contribution in [-0.4, -0.2) is 9.97 Å². The average molecular weight is 241 g/mol. The van der Waals surface area contributed by atoms with Gasteiger partial charge in [-0.15, -0.1) is 0 Å². The van der Waals surface area contributed by atoms with E-state index in [-0.39, 0.29) is 0 Å². The highest BCUT2D eigenvalue weighted by molar-refractivity contribution is 7.21. The van der Waals surface area contributed by atoms with Crippen LogP contribution in [0, 0.1) is 0 Å². The molecule has 0 amide bonds. The van der Waals surface area contributed by atoms with Crippen molar-refractivity contribution >= 4 is 21.7 Å². The molecule has 0 fully saturated rings. The van der Waals surface area contributed by atoms with E-state index in [1.165, 1.54) is 0 Å². The van der Waals surface area contributed by atoms with Crippen molar-refractivity contribution in [2.45, 2.75) is 6.54 Å². The van der Waals surface area contributed by atoms with E-state index in [9.17, 15) is 0 Å². The first-order valence-electron chi connectivity index (χ1n) is 5.38. The summed E-state index contributed by atoms with van der Waals surface area (Å²) in [7, 11) is 0. The minimum Gasteiger partial charge on any atom is -0.326 e. The van der Waals surface area contributed by atoms with Crippen molar-refractivity contribution in [1.29, 1.82) is 0 Å². The summed E-state index contributed by atoms with van der Waals surface area (Å²) in [6.45, 7) is 0.553. The number of nitrogens with two attached hydrogens (primary N) is 1. The number of hydrogen-bond acceptors (Lipinski definition) is 4. The number of hydrogen-bond donors (Lipinski definition) is 1. The number of pyridine rings is 1. The molecule has 0 aliphatic rings. The lowest BCUT2D eigenvalue weighted by molar-refractivity contribution is 1.07. The van der Waals surface area contributed by atoms with Gasteiger partial charge in [-0.3, -0.25) is 0 Å². The highest BCUT2D eigenvalue weighted by atomic mass is 32.1. The van der Waals surface area contributed by atoms with E-state index >= 15 is 0 Å². The third-order valence-electron chi connectivity index (χ3n) is 2.58. The van der Waals surface area contributed by atoms with Crippen LogP contribution in [0.15, 0.2) is 42.6 Å². The molecule has 84 valence electrons. The van der Waals surface area contributed by atoms with Crippen molar-refractivity contribution < 1.29 is 0 Å². The Morgan fingerprint density at radius 3 is 2.94 bits per heavy atom. The van der Waals surface area contributed by atoms with E-state index in [2.05, 4.69) is 22.1 Å². The Balaban J connectivity index is 2.13. The van der Waals surface area contributed by atoms with E-state index in [4.69, 9.17) is 5.73 Å². The number of thiazole rings is 1. The molecular weight excluding hydrogens is 230 g/mol. The van der Waals surface area contributed by atoms with Crippen molar-refractivity contribution in [3.63, 3.8) is 0 Å². The first-order valence-corrected chi connectivity index (χ1v) is 6.19. The summed E-state index contributed by atoms with van der Waals surface area (Å²) in [6, 6.07) is 12.1. The molecule has 17 heavy (non-hydrogen) atoms. The zero-order valence-corrected chi connectivity index (χ0v) is 9.95. The Morgan fingerprint density at radius 2 is 2.12 bits per heavy atom. The minimum atomic E-state index is 0.553. The normalized spacial score (nSPS) is 10.9. The highest BCUT2D eigenvalue weighted by Crippen LogP contribution is 2.28. The van der Waals surface area contributed by atoms with Crippen LogP contribution >= 0.6 is 11.3 Å². The maximum absolute atomic E-state index is 5.64. The van der Waals surface area contributed by atoms with Crippen molar-refractivity contribution in [3.05, 3.63) is 48.2 Å². The largest absolute Gasteiger partial charge is 0.326 e. The molecule has 0 atom stereocenters. The first-order chi connectivity index (χ1) is 8.36. The van der Waals surface area contributed by atoms with Crippen molar-refractivity contribution in [1.82, 2.24) is 9.97 Å². The second kappa shape index (κ2) is 4.24. The molecular formula is C13H11N3S. The summed E-state index contributed by atoms with van der Waals surface area (Å²) in [5.74, 6) is 0. The van der Waals surface area contributed by atoms with Crippen LogP contribution in [-0.2, 0) is 6.54 Å². The van der Waals surface area contributed by atoms with E-state index in [0.717, 1.165) is 26.5 Å². The molecule has 2 aromatic heterocycles. The molecule has 4 heteroatoms. The first kappa shape index (κ1) is 10.4. The molecule has 0 aliphatic carbocycles. The van der Waals surface area contributed by atoms with E-state index in [1.54, 1.807) is 17.5 Å². The van der Waals surface area contributed by atoms with Gasteiger partial charge < -0.3 is 5.73 Å². The smallest absolute Gasteiger partial charge is 0.143 e. The molecule has 0 aliphatic heterocycles. The Bertz CT molecular complexity index is 627. The maximum Gasteiger partial charge on any atom is 0.143 e. The molecule has 3 aromatic rings. The second-order valence-corrected chi connectivity index (χ2v) is 4.73. The van der Waals surface area contributed by atoms with Gasteiger partial charge in [0, 0.05) is 18.3 Å². The molecule has 0 unspecified atom stereocenters. The van der Waals surface area contributed by atoms with Crippen molar-refractivity contribution in [2.24, 2.45) is 5.73 Å². The van der Waals surface area contributed by atoms with Gasteiger partial charge in [0.05, 0.1) is 0 Å². The molecule has 0 saturated heterocycles. The second-order valence-electron chi connectivity index (χ2n) is 3.75. The highest BCUT2D eigenvalue weighted by Gasteiger charge is 2.06. The number of nitrogens with zero attached hydrogens (tertiary/aromatic N) is 2. The van der Waals surface area contributed by atoms with Crippen LogP contribution in [0.2, 0.25) is 0 Å². The number of aromatic nitrogens is 2. The molecule has 0 radical (unpaired) electrons. The molecule has 3 nitrogen and oxygen atoms in total. The van der Waals surface area contributed by atoms with Gasteiger partial charge in [-0.25, -0.2) is 9.97 Å². The fourth-order valence-corrected chi connectivity index (χ4v) is 2.63.